The number of hydrogen-bond acceptors (Lipinski definition) is 1. The molecular weight excluding hydrogens is 233 g/mol. The van der Waals surface area contributed by atoms with Gasteiger partial charge in [0.2, 0.25) is 0 Å². The van der Waals surface area contributed by atoms with Gasteiger partial charge in [-0.05, 0) is 24.6 Å². The lowest BCUT2D eigenvalue weighted by atomic mass is 10.2. The molecule has 0 aliphatic carbocycles. The number of nitrogens with one attached hydrogen (secondary N) is 1. The molecule has 1 aliphatic rings. The molecule has 0 spiro atoms. The number of likely N-dealkylation sites (tertiary alicyclic amines) is 1. The topological polar surface area (TPSA) is 32.3 Å². The molecule has 1 aromatic rings. The molecule has 1 fully saturated rings. The number of amides is 2. The van der Waals surface area contributed by atoms with Crippen LogP contribution < -0.4 is 5.32 Å². The molecule has 1 N–H and O–H groups in total. The number of halogens is 3. The van der Waals surface area contributed by atoms with Gasteiger partial charge < -0.3 is 10.2 Å². The van der Waals surface area contributed by atoms with Crippen LogP contribution in [0.1, 0.15) is 12.0 Å². The SMILES string of the molecule is O=C(Nc1cccc(C(F)(F)F)c1)N1CCC1. The average Bonchev–Trinajstić information content (AvgIpc) is 2.13. The van der Waals surface area contributed by atoms with Gasteiger partial charge in [0.1, 0.15) is 0 Å². The fourth-order valence-corrected chi connectivity index (χ4v) is 1.50. The summed E-state index contributed by atoms with van der Waals surface area (Å²) < 4.78 is 37.3. The Labute approximate surface area is 96.2 Å². The molecule has 1 aliphatic heterocycles. The third-order valence-electron chi connectivity index (χ3n) is 2.58. The molecule has 0 atom stereocenters. The monoisotopic (exact) mass is 244 g/mol. The highest BCUT2D eigenvalue weighted by molar-refractivity contribution is 5.89. The van der Waals surface area contributed by atoms with Crippen LogP contribution in [0.25, 0.3) is 0 Å². The Hall–Kier alpha value is -1.72. The third kappa shape index (κ3) is 2.69. The first-order chi connectivity index (χ1) is 7.97. The third-order valence-corrected chi connectivity index (χ3v) is 2.58. The Kier molecular flexibility index (Phi) is 2.95. The second-order valence-electron chi connectivity index (χ2n) is 3.85. The smallest absolute Gasteiger partial charge is 0.324 e. The summed E-state index contributed by atoms with van der Waals surface area (Å²) in [6.45, 7) is 1.32. The molecule has 0 unspecified atom stereocenters. The minimum atomic E-state index is -4.39. The molecule has 3 nitrogen and oxygen atoms in total. The van der Waals surface area contributed by atoms with E-state index in [-0.39, 0.29) is 11.7 Å². The Morgan fingerprint density at radius 2 is 2.00 bits per heavy atom. The second kappa shape index (κ2) is 4.27. The van der Waals surface area contributed by atoms with Gasteiger partial charge in [-0.15, -0.1) is 0 Å². The van der Waals surface area contributed by atoms with E-state index in [0.717, 1.165) is 18.6 Å². The maximum atomic E-state index is 12.4. The summed E-state index contributed by atoms with van der Waals surface area (Å²) in [6, 6.07) is 4.26. The maximum Gasteiger partial charge on any atom is 0.416 e. The van der Waals surface area contributed by atoms with Crippen LogP contribution in [-0.4, -0.2) is 24.0 Å². The van der Waals surface area contributed by atoms with Crippen LogP contribution >= 0.6 is 0 Å². The van der Waals surface area contributed by atoms with Crippen LogP contribution in [0.15, 0.2) is 24.3 Å². The largest absolute Gasteiger partial charge is 0.416 e. The summed E-state index contributed by atoms with van der Waals surface area (Å²) in [5, 5.41) is 2.44. The standard InChI is InChI=1S/C11H11F3N2O/c12-11(13,14)8-3-1-4-9(7-8)15-10(17)16-5-2-6-16/h1,3-4,7H,2,5-6H2,(H,15,17). The van der Waals surface area contributed by atoms with E-state index in [4.69, 9.17) is 0 Å². The van der Waals surface area contributed by atoms with Gasteiger partial charge in [0, 0.05) is 18.8 Å². The van der Waals surface area contributed by atoms with Gasteiger partial charge in [0.05, 0.1) is 5.56 Å². The number of nitrogens with zero attached hydrogens (tertiary/aromatic N) is 1. The van der Waals surface area contributed by atoms with Gasteiger partial charge >= 0.3 is 12.2 Å². The van der Waals surface area contributed by atoms with E-state index in [2.05, 4.69) is 5.32 Å². The molecule has 1 saturated heterocycles. The lowest BCUT2D eigenvalue weighted by Gasteiger charge is -2.30. The molecule has 0 bridgehead atoms. The molecule has 1 heterocycles. The summed E-state index contributed by atoms with van der Waals surface area (Å²) in [5.41, 5.74) is -0.601. The number of urea groups is 1. The van der Waals surface area contributed by atoms with Crippen molar-refractivity contribution in [1.29, 1.82) is 0 Å². The van der Waals surface area contributed by atoms with E-state index < -0.39 is 11.7 Å². The van der Waals surface area contributed by atoms with Crippen LogP contribution in [0.4, 0.5) is 23.7 Å². The highest BCUT2D eigenvalue weighted by Gasteiger charge is 2.30. The molecule has 2 amide bonds. The van der Waals surface area contributed by atoms with Crippen LogP contribution in [0.3, 0.4) is 0 Å². The van der Waals surface area contributed by atoms with E-state index in [1.54, 1.807) is 4.90 Å². The minimum Gasteiger partial charge on any atom is -0.324 e. The van der Waals surface area contributed by atoms with Crippen LogP contribution in [0.2, 0.25) is 0 Å². The predicted octanol–water partition coefficient (Wildman–Crippen LogP) is 2.94. The maximum absolute atomic E-state index is 12.4. The Morgan fingerprint density at radius 1 is 1.29 bits per heavy atom. The zero-order valence-corrected chi connectivity index (χ0v) is 8.92. The quantitative estimate of drug-likeness (QED) is 0.809. The second-order valence-corrected chi connectivity index (χ2v) is 3.85. The predicted molar refractivity (Wildman–Crippen MR) is 56.7 cm³/mol. The minimum absolute atomic E-state index is 0.164. The molecule has 0 saturated carbocycles. The van der Waals surface area contributed by atoms with E-state index in [1.807, 2.05) is 0 Å². The van der Waals surface area contributed by atoms with Crippen molar-refractivity contribution >= 4 is 11.7 Å². The molecule has 2 rings (SSSR count). The van der Waals surface area contributed by atoms with Crippen molar-refractivity contribution in [2.24, 2.45) is 0 Å². The highest BCUT2D eigenvalue weighted by Crippen LogP contribution is 2.30. The first-order valence-corrected chi connectivity index (χ1v) is 5.20. The van der Waals surface area contributed by atoms with Gasteiger partial charge in [-0.1, -0.05) is 6.07 Å². The normalized spacial score (nSPS) is 15.4. The number of carbonyl (C=O) groups excluding carboxylic acids is 1. The van der Waals surface area contributed by atoms with Crippen LogP contribution in [-0.2, 0) is 6.18 Å². The molecule has 92 valence electrons. The highest BCUT2D eigenvalue weighted by atomic mass is 19.4. The molecule has 17 heavy (non-hydrogen) atoms. The van der Waals surface area contributed by atoms with Crippen molar-refractivity contribution in [2.75, 3.05) is 18.4 Å². The van der Waals surface area contributed by atoms with Crippen LogP contribution in [0, 0.1) is 0 Å². The van der Waals surface area contributed by atoms with Gasteiger partial charge in [0.25, 0.3) is 0 Å². The zero-order chi connectivity index (χ0) is 12.5. The molecule has 6 heteroatoms. The summed E-state index contributed by atoms with van der Waals surface area (Å²) in [6.07, 6.45) is -3.45. The van der Waals surface area contributed by atoms with Crippen molar-refractivity contribution < 1.29 is 18.0 Å². The summed E-state index contributed by atoms with van der Waals surface area (Å²) in [7, 11) is 0. The van der Waals surface area contributed by atoms with E-state index in [0.29, 0.717) is 13.1 Å². The number of rotatable bonds is 1. The lowest BCUT2D eigenvalue weighted by Crippen LogP contribution is -2.44. The first-order valence-electron chi connectivity index (χ1n) is 5.20. The Morgan fingerprint density at radius 3 is 2.53 bits per heavy atom. The van der Waals surface area contributed by atoms with Crippen molar-refractivity contribution in [3.05, 3.63) is 29.8 Å². The lowest BCUT2D eigenvalue weighted by molar-refractivity contribution is -0.137. The van der Waals surface area contributed by atoms with E-state index in [1.165, 1.54) is 12.1 Å². The molecular formula is C11H11F3N2O. The zero-order valence-electron chi connectivity index (χ0n) is 8.92. The van der Waals surface area contributed by atoms with Gasteiger partial charge in [-0.3, -0.25) is 0 Å². The number of hydrogen-bond donors (Lipinski definition) is 1. The summed E-state index contributed by atoms with van der Waals surface area (Å²) in [5.74, 6) is 0. The molecule has 0 radical (unpaired) electrons. The van der Waals surface area contributed by atoms with E-state index >= 15 is 0 Å². The first kappa shape index (κ1) is 11.8. The number of carbonyl (C=O) groups is 1. The van der Waals surface area contributed by atoms with Gasteiger partial charge in [0.15, 0.2) is 0 Å². The fraction of sp³-hybridized carbons (Fsp3) is 0.364. The van der Waals surface area contributed by atoms with Crippen molar-refractivity contribution in [3.8, 4) is 0 Å². The van der Waals surface area contributed by atoms with Crippen molar-refractivity contribution in [2.45, 2.75) is 12.6 Å². The summed E-state index contributed by atoms with van der Waals surface area (Å²) in [4.78, 5) is 13.0. The molecule has 0 aromatic heterocycles. The number of benzene rings is 1. The number of alkyl halides is 3. The molecule has 1 aromatic carbocycles. The van der Waals surface area contributed by atoms with Gasteiger partial charge in [-0.2, -0.15) is 13.2 Å². The average molecular weight is 244 g/mol. The number of anilines is 1. The van der Waals surface area contributed by atoms with Crippen molar-refractivity contribution in [1.82, 2.24) is 4.90 Å². The van der Waals surface area contributed by atoms with Crippen molar-refractivity contribution in [3.63, 3.8) is 0 Å². The fourth-order valence-electron chi connectivity index (χ4n) is 1.50. The summed E-state index contributed by atoms with van der Waals surface area (Å²) >= 11 is 0. The van der Waals surface area contributed by atoms with E-state index in [9.17, 15) is 18.0 Å². The van der Waals surface area contributed by atoms with Gasteiger partial charge in [-0.25, -0.2) is 4.79 Å². The van der Waals surface area contributed by atoms with Crippen LogP contribution in [0.5, 0.6) is 0 Å². The Balaban J connectivity index is 2.08. The Bertz CT molecular complexity index is 427.